The first-order valence-corrected chi connectivity index (χ1v) is 4.69. The van der Waals surface area contributed by atoms with Crippen molar-refractivity contribution in [3.8, 4) is 12.3 Å². The highest BCUT2D eigenvalue weighted by Crippen LogP contribution is 1.80. The number of aliphatic hydroxyl groups excluding tert-OH is 1. The molecule has 8 heteroatoms. The molecule has 0 aromatic heterocycles. The van der Waals surface area contributed by atoms with Crippen LogP contribution in [-0.2, 0) is 14.3 Å². The van der Waals surface area contributed by atoms with Gasteiger partial charge in [0, 0.05) is 6.54 Å². The van der Waals surface area contributed by atoms with E-state index in [9.17, 15) is 9.59 Å². The molecule has 0 aliphatic carbocycles. The summed E-state index contributed by atoms with van der Waals surface area (Å²) in [5.74, 6) is 0.399. The number of hydrogen-bond donors (Lipinski definition) is 5. The van der Waals surface area contributed by atoms with Crippen molar-refractivity contribution >= 4 is 11.9 Å². The standard InChI is InChI=1S/C9H15N3O5/c1-2-3-17-9(16)12-5-7(13)11-4-6(10)8(14)15/h1,6,9,12,16H,3-5,10H2,(H,11,13)(H,14,15)/t6-,9?/m0/s1. The van der Waals surface area contributed by atoms with E-state index in [-0.39, 0.29) is 19.7 Å². The van der Waals surface area contributed by atoms with Crippen LogP contribution in [0.4, 0.5) is 0 Å². The fourth-order valence-electron chi connectivity index (χ4n) is 0.740. The van der Waals surface area contributed by atoms with E-state index in [1.54, 1.807) is 0 Å². The number of carbonyl (C=O) groups is 2. The highest BCUT2D eigenvalue weighted by Gasteiger charge is 2.13. The molecular weight excluding hydrogens is 230 g/mol. The molecule has 6 N–H and O–H groups in total. The Balaban J connectivity index is 3.66. The molecule has 0 saturated carbocycles. The summed E-state index contributed by atoms with van der Waals surface area (Å²) in [7, 11) is 0. The van der Waals surface area contributed by atoms with E-state index in [1.807, 2.05) is 0 Å². The SMILES string of the molecule is C#CCOC(O)NCC(=O)NC[C@H](N)C(=O)O. The summed E-state index contributed by atoms with van der Waals surface area (Å²) in [4.78, 5) is 21.4. The molecule has 0 bridgehead atoms. The van der Waals surface area contributed by atoms with Crippen molar-refractivity contribution in [2.45, 2.75) is 12.5 Å². The Labute approximate surface area is 98.1 Å². The average Bonchev–Trinajstić information content (AvgIpc) is 2.30. The first kappa shape index (κ1) is 15.3. The van der Waals surface area contributed by atoms with Gasteiger partial charge in [0.05, 0.1) is 6.54 Å². The van der Waals surface area contributed by atoms with Gasteiger partial charge in [0.15, 0.2) is 0 Å². The Hall–Kier alpha value is -1.66. The zero-order chi connectivity index (χ0) is 13.3. The fraction of sp³-hybridized carbons (Fsp3) is 0.556. The third-order valence-electron chi connectivity index (χ3n) is 1.60. The molecule has 8 nitrogen and oxygen atoms in total. The van der Waals surface area contributed by atoms with Crippen LogP contribution in [0, 0.1) is 12.3 Å². The number of nitrogens with one attached hydrogen (secondary N) is 2. The molecule has 0 aromatic carbocycles. The van der Waals surface area contributed by atoms with Crippen LogP contribution in [0.3, 0.4) is 0 Å². The molecule has 0 radical (unpaired) electrons. The van der Waals surface area contributed by atoms with Crippen molar-refractivity contribution in [3.63, 3.8) is 0 Å². The van der Waals surface area contributed by atoms with Crippen LogP contribution in [0.5, 0.6) is 0 Å². The van der Waals surface area contributed by atoms with Gasteiger partial charge in [0.1, 0.15) is 12.6 Å². The van der Waals surface area contributed by atoms with Gasteiger partial charge in [-0.3, -0.25) is 14.9 Å². The van der Waals surface area contributed by atoms with Crippen molar-refractivity contribution in [1.29, 1.82) is 0 Å². The van der Waals surface area contributed by atoms with Crippen molar-refractivity contribution < 1.29 is 24.5 Å². The van der Waals surface area contributed by atoms with Crippen molar-refractivity contribution in [2.24, 2.45) is 5.73 Å². The van der Waals surface area contributed by atoms with E-state index in [0.29, 0.717) is 0 Å². The van der Waals surface area contributed by atoms with Gasteiger partial charge in [0.2, 0.25) is 12.3 Å². The third-order valence-corrected chi connectivity index (χ3v) is 1.60. The number of carbonyl (C=O) groups excluding carboxylic acids is 1. The molecule has 0 fully saturated rings. The molecule has 0 heterocycles. The van der Waals surface area contributed by atoms with E-state index in [2.05, 4.69) is 21.3 Å². The first-order valence-electron chi connectivity index (χ1n) is 4.69. The predicted molar refractivity (Wildman–Crippen MR) is 57.4 cm³/mol. The van der Waals surface area contributed by atoms with Crippen LogP contribution in [0.2, 0.25) is 0 Å². The molecule has 0 aromatic rings. The summed E-state index contributed by atoms with van der Waals surface area (Å²) in [6.07, 6.45) is 3.52. The summed E-state index contributed by atoms with van der Waals surface area (Å²) < 4.78 is 4.61. The van der Waals surface area contributed by atoms with Crippen LogP contribution < -0.4 is 16.4 Å². The molecule has 0 spiro atoms. The second-order valence-electron chi connectivity index (χ2n) is 3.00. The number of ether oxygens (including phenoxy) is 1. The Morgan fingerprint density at radius 3 is 2.71 bits per heavy atom. The summed E-state index contributed by atoms with van der Waals surface area (Å²) in [5, 5.41) is 22.1. The molecule has 1 amide bonds. The Morgan fingerprint density at radius 2 is 2.18 bits per heavy atom. The largest absolute Gasteiger partial charge is 0.480 e. The minimum Gasteiger partial charge on any atom is -0.480 e. The number of nitrogens with two attached hydrogens (primary N) is 1. The van der Waals surface area contributed by atoms with E-state index in [0.717, 1.165) is 0 Å². The lowest BCUT2D eigenvalue weighted by Crippen LogP contribution is -2.46. The molecule has 96 valence electrons. The van der Waals surface area contributed by atoms with Gasteiger partial charge in [-0.15, -0.1) is 6.42 Å². The van der Waals surface area contributed by atoms with Crippen molar-refractivity contribution in [2.75, 3.05) is 19.7 Å². The maximum Gasteiger partial charge on any atom is 0.322 e. The molecule has 17 heavy (non-hydrogen) atoms. The highest BCUT2D eigenvalue weighted by atomic mass is 16.6. The number of rotatable bonds is 8. The molecule has 0 saturated heterocycles. The maximum absolute atomic E-state index is 11.1. The Kier molecular flexibility index (Phi) is 7.66. The van der Waals surface area contributed by atoms with E-state index in [4.69, 9.17) is 22.4 Å². The lowest BCUT2D eigenvalue weighted by molar-refractivity contribution is -0.138. The topological polar surface area (TPSA) is 134 Å². The van der Waals surface area contributed by atoms with Crippen LogP contribution in [0.1, 0.15) is 0 Å². The normalized spacial score (nSPS) is 13.5. The smallest absolute Gasteiger partial charge is 0.322 e. The maximum atomic E-state index is 11.1. The number of amides is 1. The summed E-state index contributed by atoms with van der Waals surface area (Å²) in [6.45, 7) is -0.547. The Morgan fingerprint density at radius 1 is 1.53 bits per heavy atom. The van der Waals surface area contributed by atoms with Gasteiger partial charge < -0.3 is 26.0 Å². The molecule has 0 rings (SSSR count). The van der Waals surface area contributed by atoms with Gasteiger partial charge in [-0.2, -0.15) is 0 Å². The third kappa shape index (κ3) is 8.18. The summed E-state index contributed by atoms with van der Waals surface area (Å²) >= 11 is 0. The minimum atomic E-state index is -1.36. The van der Waals surface area contributed by atoms with Crippen LogP contribution in [0.15, 0.2) is 0 Å². The van der Waals surface area contributed by atoms with E-state index >= 15 is 0 Å². The molecule has 0 aliphatic rings. The quantitative estimate of drug-likeness (QED) is 0.228. The summed E-state index contributed by atoms with van der Waals surface area (Å²) in [5.41, 5.74) is 5.16. The second kappa shape index (κ2) is 8.49. The lowest BCUT2D eigenvalue weighted by atomic mass is 10.3. The van der Waals surface area contributed by atoms with E-state index < -0.39 is 24.3 Å². The number of hydrogen-bond acceptors (Lipinski definition) is 6. The van der Waals surface area contributed by atoms with Crippen molar-refractivity contribution in [1.82, 2.24) is 10.6 Å². The Bertz CT molecular complexity index is 301. The first-order chi connectivity index (χ1) is 7.97. The lowest BCUT2D eigenvalue weighted by Gasteiger charge is -2.12. The fourth-order valence-corrected chi connectivity index (χ4v) is 0.740. The molecule has 1 unspecified atom stereocenters. The number of aliphatic hydroxyl groups is 1. The molecule has 2 atom stereocenters. The zero-order valence-electron chi connectivity index (χ0n) is 9.05. The predicted octanol–water partition coefficient (Wildman–Crippen LogP) is -2.97. The zero-order valence-corrected chi connectivity index (χ0v) is 9.05. The molecular formula is C9H15N3O5. The number of carboxylic acid groups (broad SMARTS) is 1. The van der Waals surface area contributed by atoms with Crippen LogP contribution in [0.25, 0.3) is 0 Å². The van der Waals surface area contributed by atoms with Gasteiger partial charge in [-0.1, -0.05) is 5.92 Å². The molecule has 0 aliphatic heterocycles. The monoisotopic (exact) mass is 245 g/mol. The van der Waals surface area contributed by atoms with Crippen molar-refractivity contribution in [3.05, 3.63) is 0 Å². The average molecular weight is 245 g/mol. The van der Waals surface area contributed by atoms with Crippen LogP contribution in [-0.4, -0.2) is 54.2 Å². The van der Waals surface area contributed by atoms with Gasteiger partial charge in [-0.05, 0) is 0 Å². The number of carboxylic acids is 1. The van der Waals surface area contributed by atoms with Gasteiger partial charge in [-0.25, -0.2) is 0 Å². The number of terminal acetylenes is 1. The number of aliphatic carboxylic acids is 1. The highest BCUT2D eigenvalue weighted by molar-refractivity contribution is 5.79. The minimum absolute atomic E-state index is 0.0975. The van der Waals surface area contributed by atoms with Crippen LogP contribution >= 0.6 is 0 Å². The van der Waals surface area contributed by atoms with E-state index in [1.165, 1.54) is 0 Å². The summed E-state index contributed by atoms with van der Waals surface area (Å²) in [6, 6.07) is -1.17. The second-order valence-corrected chi connectivity index (χ2v) is 3.00. The van der Waals surface area contributed by atoms with Gasteiger partial charge in [0.25, 0.3) is 0 Å². The van der Waals surface area contributed by atoms with Gasteiger partial charge >= 0.3 is 5.97 Å².